The van der Waals surface area contributed by atoms with Crippen molar-refractivity contribution in [3.8, 4) is 0 Å². The second-order valence-corrected chi connectivity index (χ2v) is 10.3. The largest absolute Gasteiger partial charge is 0.481 e. The molecule has 1 aliphatic rings. The summed E-state index contributed by atoms with van der Waals surface area (Å²) in [6.07, 6.45) is 2.54. The number of aryl methyl sites for hydroxylation is 2. The van der Waals surface area contributed by atoms with Crippen LogP contribution in [0.3, 0.4) is 0 Å². The summed E-state index contributed by atoms with van der Waals surface area (Å²) in [6, 6.07) is 10.2. The van der Waals surface area contributed by atoms with Crippen molar-refractivity contribution in [1.82, 2.24) is 14.8 Å². The number of aromatic nitrogens is 1. The predicted octanol–water partition coefficient (Wildman–Crippen LogP) is 4.76. The molecule has 1 saturated heterocycles. The molecule has 8 nitrogen and oxygen atoms in total. The number of halogens is 2. The number of hydrogen-bond acceptors (Lipinski definition) is 4. The molecule has 208 valence electrons. The summed E-state index contributed by atoms with van der Waals surface area (Å²) < 4.78 is 29.2. The van der Waals surface area contributed by atoms with E-state index >= 15 is 0 Å². The number of fused-ring (bicyclic) bond motifs is 1. The van der Waals surface area contributed by atoms with Crippen molar-refractivity contribution in [2.75, 3.05) is 25.5 Å². The number of benzene rings is 2. The smallest absolute Gasteiger partial charge is 0.303 e. The van der Waals surface area contributed by atoms with Crippen molar-refractivity contribution in [2.24, 2.45) is 0 Å². The summed E-state index contributed by atoms with van der Waals surface area (Å²) in [5.41, 5.74) is 4.31. The maximum Gasteiger partial charge on any atom is 0.303 e. The molecule has 0 spiro atoms. The van der Waals surface area contributed by atoms with E-state index in [9.17, 15) is 23.2 Å². The number of hydrogen-bond donors (Lipinski definition) is 3. The highest BCUT2D eigenvalue weighted by atomic mass is 19.3. The summed E-state index contributed by atoms with van der Waals surface area (Å²) in [5.74, 6) is -4.11. The maximum atomic E-state index is 13.7. The summed E-state index contributed by atoms with van der Waals surface area (Å²) in [6.45, 7) is 4.03. The van der Waals surface area contributed by atoms with Crippen LogP contribution in [0.1, 0.15) is 59.3 Å². The molecule has 39 heavy (non-hydrogen) atoms. The Morgan fingerprint density at radius 3 is 2.59 bits per heavy atom. The Morgan fingerprint density at radius 1 is 1.15 bits per heavy atom. The first kappa shape index (κ1) is 28.2. The van der Waals surface area contributed by atoms with Gasteiger partial charge in [0.05, 0.1) is 6.54 Å². The Hall–Kier alpha value is -3.79. The topological polar surface area (TPSA) is 104 Å². The van der Waals surface area contributed by atoms with Gasteiger partial charge in [-0.05, 0) is 61.6 Å². The molecule has 0 saturated carbocycles. The third-order valence-electron chi connectivity index (χ3n) is 7.24. The van der Waals surface area contributed by atoms with Crippen LogP contribution in [-0.2, 0) is 22.6 Å². The number of rotatable bonds is 10. The van der Waals surface area contributed by atoms with Gasteiger partial charge in [-0.25, -0.2) is 8.78 Å². The Balaban J connectivity index is 1.59. The highest BCUT2D eigenvalue weighted by molar-refractivity contribution is 6.00. The van der Waals surface area contributed by atoms with E-state index in [0.717, 1.165) is 27.6 Å². The normalized spacial score (nSPS) is 15.8. The first-order chi connectivity index (χ1) is 18.5. The molecule has 1 unspecified atom stereocenters. The zero-order valence-electron chi connectivity index (χ0n) is 22.4. The average Bonchev–Trinajstić information content (AvgIpc) is 3.41. The van der Waals surface area contributed by atoms with Gasteiger partial charge in [0.1, 0.15) is 6.04 Å². The minimum absolute atomic E-state index is 0.00327. The highest BCUT2D eigenvalue weighted by Gasteiger charge is 2.38. The minimum atomic E-state index is -2.70. The van der Waals surface area contributed by atoms with Gasteiger partial charge in [-0.15, -0.1) is 0 Å². The van der Waals surface area contributed by atoms with Crippen molar-refractivity contribution < 1.29 is 28.3 Å². The van der Waals surface area contributed by atoms with E-state index in [4.69, 9.17) is 5.11 Å². The molecule has 2 amide bonds. The van der Waals surface area contributed by atoms with Gasteiger partial charge in [-0.1, -0.05) is 18.2 Å². The van der Waals surface area contributed by atoms with E-state index in [1.54, 1.807) is 37.1 Å². The maximum absolute atomic E-state index is 13.7. The minimum Gasteiger partial charge on any atom is -0.481 e. The number of carboxylic acids is 1. The van der Waals surface area contributed by atoms with E-state index in [1.165, 1.54) is 0 Å². The van der Waals surface area contributed by atoms with E-state index in [2.05, 4.69) is 10.6 Å². The van der Waals surface area contributed by atoms with Gasteiger partial charge in [0.25, 0.3) is 11.8 Å². The predicted molar refractivity (Wildman–Crippen MR) is 145 cm³/mol. The molecule has 0 aliphatic carbocycles. The molecule has 3 aromatic rings. The second kappa shape index (κ2) is 11.5. The van der Waals surface area contributed by atoms with Crippen LogP contribution < -0.4 is 10.6 Å². The SMILES string of the molecule is CNC(=O)c1ccc2c(C)cn(C(C)C(=O)Nc3cc(CN4CCC(F)(F)C4)ccc3CCCC(=O)O)c2c1. The number of alkyl halides is 2. The summed E-state index contributed by atoms with van der Waals surface area (Å²) in [5, 5.41) is 15.6. The van der Waals surface area contributed by atoms with Crippen molar-refractivity contribution in [2.45, 2.75) is 58.0 Å². The van der Waals surface area contributed by atoms with Crippen LogP contribution in [0.15, 0.2) is 42.6 Å². The Morgan fingerprint density at radius 2 is 1.92 bits per heavy atom. The third kappa shape index (κ3) is 6.62. The van der Waals surface area contributed by atoms with Crippen molar-refractivity contribution in [3.63, 3.8) is 0 Å². The summed E-state index contributed by atoms with van der Waals surface area (Å²) in [7, 11) is 1.56. The van der Waals surface area contributed by atoms with Gasteiger partial charge in [0, 0.05) is 61.3 Å². The van der Waals surface area contributed by atoms with Crippen molar-refractivity contribution >= 4 is 34.4 Å². The first-order valence-electron chi connectivity index (χ1n) is 13.1. The van der Waals surface area contributed by atoms with E-state index < -0.39 is 17.9 Å². The Labute approximate surface area is 226 Å². The fourth-order valence-corrected chi connectivity index (χ4v) is 5.08. The lowest BCUT2D eigenvalue weighted by molar-refractivity contribution is -0.137. The van der Waals surface area contributed by atoms with Crippen LogP contribution in [0.25, 0.3) is 10.9 Å². The molecule has 0 radical (unpaired) electrons. The molecule has 1 fully saturated rings. The standard InChI is InChI=1S/C29H34F2N4O4/c1-18-15-35(25-14-22(28(39)32-3)9-10-23(18)25)19(2)27(38)33-24-13-20(16-34-12-11-29(30,31)17-34)7-8-21(24)5-4-6-26(36)37/h7-10,13-15,19H,4-6,11-12,16-17H2,1-3H3,(H,32,39)(H,33,38)(H,36,37). The molecule has 1 aliphatic heterocycles. The molecular formula is C29H34F2N4O4. The van der Waals surface area contributed by atoms with Crippen LogP contribution >= 0.6 is 0 Å². The molecule has 4 rings (SSSR count). The molecule has 2 aromatic carbocycles. The van der Waals surface area contributed by atoms with Gasteiger partial charge in [-0.3, -0.25) is 19.3 Å². The van der Waals surface area contributed by atoms with E-state index in [1.807, 2.05) is 35.9 Å². The van der Waals surface area contributed by atoms with Gasteiger partial charge in [0.15, 0.2) is 0 Å². The van der Waals surface area contributed by atoms with Gasteiger partial charge < -0.3 is 20.3 Å². The number of carbonyl (C=O) groups is 3. The van der Waals surface area contributed by atoms with Crippen LogP contribution in [0.4, 0.5) is 14.5 Å². The van der Waals surface area contributed by atoms with Gasteiger partial charge in [0.2, 0.25) is 5.91 Å². The van der Waals surface area contributed by atoms with Crippen LogP contribution in [0.5, 0.6) is 0 Å². The molecule has 2 heterocycles. The zero-order chi connectivity index (χ0) is 28.3. The molecule has 1 aromatic heterocycles. The Bertz CT molecular complexity index is 1400. The number of carbonyl (C=O) groups excluding carboxylic acids is 2. The number of nitrogens with zero attached hydrogens (tertiary/aromatic N) is 2. The number of amides is 2. The lowest BCUT2D eigenvalue weighted by Gasteiger charge is -2.20. The van der Waals surface area contributed by atoms with Gasteiger partial charge in [-0.2, -0.15) is 0 Å². The molecule has 0 bridgehead atoms. The molecule has 10 heteroatoms. The Kier molecular flexibility index (Phi) is 8.34. The van der Waals surface area contributed by atoms with E-state index in [-0.39, 0.29) is 31.2 Å². The summed E-state index contributed by atoms with van der Waals surface area (Å²) in [4.78, 5) is 38.4. The fraction of sp³-hybridized carbons (Fsp3) is 0.414. The van der Waals surface area contributed by atoms with E-state index in [0.29, 0.717) is 37.2 Å². The van der Waals surface area contributed by atoms with Crippen LogP contribution in [0, 0.1) is 6.92 Å². The number of nitrogens with one attached hydrogen (secondary N) is 2. The summed E-state index contributed by atoms with van der Waals surface area (Å²) >= 11 is 0. The number of aliphatic carboxylic acids is 1. The second-order valence-electron chi connectivity index (χ2n) is 10.3. The highest BCUT2D eigenvalue weighted by Crippen LogP contribution is 2.30. The number of likely N-dealkylation sites (tertiary alicyclic amines) is 1. The molecular weight excluding hydrogens is 506 g/mol. The monoisotopic (exact) mass is 540 g/mol. The lowest BCUT2D eigenvalue weighted by Crippen LogP contribution is -2.25. The fourth-order valence-electron chi connectivity index (χ4n) is 5.08. The van der Waals surface area contributed by atoms with Crippen LogP contribution in [0.2, 0.25) is 0 Å². The zero-order valence-corrected chi connectivity index (χ0v) is 22.4. The third-order valence-corrected chi connectivity index (χ3v) is 7.24. The quantitative estimate of drug-likeness (QED) is 0.344. The van der Waals surface area contributed by atoms with Crippen LogP contribution in [-0.4, -0.2) is 58.4 Å². The van der Waals surface area contributed by atoms with Crippen molar-refractivity contribution in [1.29, 1.82) is 0 Å². The first-order valence-corrected chi connectivity index (χ1v) is 13.1. The van der Waals surface area contributed by atoms with Gasteiger partial charge >= 0.3 is 5.97 Å². The average molecular weight is 541 g/mol. The number of carboxylic acid groups (broad SMARTS) is 1. The molecule has 1 atom stereocenters. The lowest BCUT2D eigenvalue weighted by atomic mass is 10.0. The number of anilines is 1. The molecule has 3 N–H and O–H groups in total. The van der Waals surface area contributed by atoms with Crippen molar-refractivity contribution in [3.05, 3.63) is 64.8 Å².